The van der Waals surface area contributed by atoms with E-state index in [9.17, 15) is 14.7 Å². The van der Waals surface area contributed by atoms with Crippen LogP contribution in [0.1, 0.15) is 47.0 Å². The number of aryl methyl sites for hydroxylation is 3. The van der Waals surface area contributed by atoms with Crippen molar-refractivity contribution in [3.05, 3.63) is 86.6 Å². The maximum atomic E-state index is 13.3. The number of hydrogen-bond acceptors (Lipinski definition) is 5. The molecule has 1 aromatic heterocycles. The van der Waals surface area contributed by atoms with Gasteiger partial charge in [0.25, 0.3) is 11.7 Å². The maximum Gasteiger partial charge on any atom is 0.300 e. The Morgan fingerprint density at radius 3 is 2.32 bits per heavy atom. The van der Waals surface area contributed by atoms with Crippen molar-refractivity contribution in [1.82, 2.24) is 0 Å². The molecule has 176 valence electrons. The van der Waals surface area contributed by atoms with Crippen molar-refractivity contribution in [2.24, 2.45) is 5.92 Å². The number of aliphatic hydroxyl groups is 1. The van der Waals surface area contributed by atoms with Gasteiger partial charge in [-0.3, -0.25) is 14.5 Å². The highest BCUT2D eigenvalue weighted by Crippen LogP contribution is 2.45. The van der Waals surface area contributed by atoms with Crippen LogP contribution in [0.25, 0.3) is 5.76 Å². The second-order valence-corrected chi connectivity index (χ2v) is 10.1. The van der Waals surface area contributed by atoms with Gasteiger partial charge in [0.05, 0.1) is 12.2 Å². The second-order valence-electron chi connectivity index (χ2n) is 9.16. The third-order valence-electron chi connectivity index (χ3n) is 5.93. The minimum Gasteiger partial charge on any atom is -0.507 e. The van der Waals surface area contributed by atoms with E-state index in [1.165, 1.54) is 16.2 Å². The minimum absolute atomic E-state index is 0.103. The monoisotopic (exact) mass is 475 g/mol. The lowest BCUT2D eigenvalue weighted by Gasteiger charge is -2.25. The third kappa shape index (κ3) is 4.38. The van der Waals surface area contributed by atoms with E-state index in [2.05, 4.69) is 13.8 Å². The fourth-order valence-corrected chi connectivity index (χ4v) is 5.11. The van der Waals surface area contributed by atoms with E-state index in [4.69, 9.17) is 4.74 Å². The van der Waals surface area contributed by atoms with Crippen molar-refractivity contribution in [3.63, 3.8) is 0 Å². The summed E-state index contributed by atoms with van der Waals surface area (Å²) in [5, 5.41) is 13.3. The number of aliphatic hydroxyl groups excluding tert-OH is 1. The molecule has 3 aromatic rings. The summed E-state index contributed by atoms with van der Waals surface area (Å²) in [5.74, 6) is -0.384. The molecule has 1 N–H and O–H groups in total. The summed E-state index contributed by atoms with van der Waals surface area (Å²) in [6, 6.07) is 14.1. The number of ketones is 1. The molecular weight excluding hydrogens is 446 g/mol. The molecule has 2 aromatic carbocycles. The number of nitrogens with zero attached hydrogens (tertiary/aromatic N) is 1. The Labute approximate surface area is 204 Å². The molecule has 1 amide bonds. The van der Waals surface area contributed by atoms with Crippen LogP contribution in [-0.2, 0) is 9.59 Å². The lowest BCUT2D eigenvalue weighted by molar-refractivity contribution is -0.132. The number of benzene rings is 2. The van der Waals surface area contributed by atoms with E-state index in [-0.39, 0.29) is 11.3 Å². The maximum absolute atomic E-state index is 13.3. The molecule has 0 saturated carbocycles. The van der Waals surface area contributed by atoms with Crippen molar-refractivity contribution < 1.29 is 19.4 Å². The zero-order valence-electron chi connectivity index (χ0n) is 20.1. The van der Waals surface area contributed by atoms with Crippen LogP contribution in [-0.4, -0.2) is 23.4 Å². The highest BCUT2D eigenvalue weighted by atomic mass is 32.1. The Hall–Kier alpha value is -3.38. The van der Waals surface area contributed by atoms with Gasteiger partial charge in [0.15, 0.2) is 0 Å². The van der Waals surface area contributed by atoms with Crippen LogP contribution >= 0.6 is 11.3 Å². The van der Waals surface area contributed by atoms with E-state index >= 15 is 0 Å². The number of ether oxygens (including phenoxy) is 1. The Kier molecular flexibility index (Phi) is 6.62. The van der Waals surface area contributed by atoms with Gasteiger partial charge in [-0.1, -0.05) is 31.5 Å². The minimum atomic E-state index is -0.695. The van der Waals surface area contributed by atoms with Gasteiger partial charge in [-0.05, 0) is 79.6 Å². The highest BCUT2D eigenvalue weighted by molar-refractivity contribution is 7.10. The molecule has 0 spiro atoms. The lowest BCUT2D eigenvalue weighted by atomic mass is 9.97. The number of thiophene rings is 1. The standard InChI is InChI=1S/C28H29NO4S/c1-16(2)15-33-22-11-8-20(14-19(22)5)25(30)23-24(27-18(4)12-13-34-27)29(28(32)26(23)31)21-9-6-17(3)7-10-21/h6-14,16,24,30H,15H2,1-5H3/b25-23-. The molecule has 2 heterocycles. The zero-order chi connectivity index (χ0) is 24.6. The molecule has 0 aliphatic carbocycles. The van der Waals surface area contributed by atoms with Gasteiger partial charge in [-0.15, -0.1) is 11.3 Å². The van der Waals surface area contributed by atoms with Crippen molar-refractivity contribution in [3.8, 4) is 5.75 Å². The number of carbonyl (C=O) groups is 2. The fourth-order valence-electron chi connectivity index (χ4n) is 4.09. The van der Waals surface area contributed by atoms with E-state index in [0.717, 1.165) is 27.3 Å². The van der Waals surface area contributed by atoms with Crippen molar-refractivity contribution >= 4 is 34.5 Å². The molecular formula is C28H29NO4S. The van der Waals surface area contributed by atoms with Gasteiger partial charge in [0.1, 0.15) is 17.6 Å². The first-order valence-electron chi connectivity index (χ1n) is 11.3. The molecule has 5 nitrogen and oxygen atoms in total. The number of hydrogen-bond donors (Lipinski definition) is 1. The predicted molar refractivity (Wildman–Crippen MR) is 137 cm³/mol. The fraction of sp³-hybridized carbons (Fsp3) is 0.286. The lowest BCUT2D eigenvalue weighted by Crippen LogP contribution is -2.29. The summed E-state index contributed by atoms with van der Waals surface area (Å²) in [6.07, 6.45) is 0. The zero-order valence-corrected chi connectivity index (χ0v) is 20.9. The average Bonchev–Trinajstić information content (AvgIpc) is 3.33. The summed E-state index contributed by atoms with van der Waals surface area (Å²) in [7, 11) is 0. The van der Waals surface area contributed by atoms with Crippen molar-refractivity contribution in [2.45, 2.75) is 40.7 Å². The van der Waals surface area contributed by atoms with Crippen LogP contribution in [0.3, 0.4) is 0 Å². The first-order chi connectivity index (χ1) is 16.2. The van der Waals surface area contributed by atoms with Crippen LogP contribution < -0.4 is 9.64 Å². The van der Waals surface area contributed by atoms with Crippen LogP contribution in [0.2, 0.25) is 0 Å². The Balaban J connectivity index is 1.84. The van der Waals surface area contributed by atoms with E-state index in [0.29, 0.717) is 23.8 Å². The van der Waals surface area contributed by atoms with Gasteiger partial charge < -0.3 is 9.84 Å². The third-order valence-corrected chi connectivity index (χ3v) is 7.00. The molecule has 1 aliphatic rings. The number of rotatable bonds is 6. The Bertz CT molecular complexity index is 1270. The van der Waals surface area contributed by atoms with Crippen molar-refractivity contribution in [2.75, 3.05) is 11.5 Å². The topological polar surface area (TPSA) is 66.8 Å². The average molecular weight is 476 g/mol. The van der Waals surface area contributed by atoms with Crippen LogP contribution in [0.15, 0.2) is 59.5 Å². The quantitative estimate of drug-likeness (QED) is 0.257. The van der Waals surface area contributed by atoms with Gasteiger partial charge in [-0.25, -0.2) is 0 Å². The first-order valence-corrected chi connectivity index (χ1v) is 12.2. The molecule has 1 fully saturated rings. The molecule has 6 heteroatoms. The number of amides is 1. The summed E-state index contributed by atoms with van der Waals surface area (Å²) < 4.78 is 5.85. The summed E-state index contributed by atoms with van der Waals surface area (Å²) in [4.78, 5) is 28.9. The Morgan fingerprint density at radius 1 is 1.03 bits per heavy atom. The number of Topliss-reactive ketones (excluding diaryl/α,β-unsaturated/α-hetero) is 1. The van der Waals surface area contributed by atoms with Gasteiger partial charge >= 0.3 is 0 Å². The predicted octanol–water partition coefficient (Wildman–Crippen LogP) is 6.33. The van der Waals surface area contributed by atoms with E-state index in [1.807, 2.05) is 56.5 Å². The highest BCUT2D eigenvalue weighted by Gasteiger charge is 2.47. The largest absolute Gasteiger partial charge is 0.507 e. The molecule has 1 saturated heterocycles. The van der Waals surface area contributed by atoms with Gasteiger partial charge in [0.2, 0.25) is 0 Å². The van der Waals surface area contributed by atoms with Crippen molar-refractivity contribution in [1.29, 1.82) is 0 Å². The number of anilines is 1. The van der Waals surface area contributed by atoms with Crippen LogP contribution in [0.4, 0.5) is 5.69 Å². The summed E-state index contributed by atoms with van der Waals surface area (Å²) >= 11 is 1.47. The second kappa shape index (κ2) is 9.47. The van der Waals surface area contributed by atoms with Crippen LogP contribution in [0.5, 0.6) is 5.75 Å². The SMILES string of the molecule is Cc1ccc(N2C(=O)C(=O)/C(=C(\O)c3ccc(OCC(C)C)c(C)c3)C2c2sccc2C)cc1. The Morgan fingerprint density at radius 2 is 1.74 bits per heavy atom. The van der Waals surface area contributed by atoms with Gasteiger partial charge in [-0.2, -0.15) is 0 Å². The first kappa shape index (κ1) is 23.8. The van der Waals surface area contributed by atoms with E-state index in [1.54, 1.807) is 18.2 Å². The molecule has 0 bridgehead atoms. The molecule has 4 rings (SSSR count). The van der Waals surface area contributed by atoms with Gasteiger partial charge in [0, 0.05) is 16.1 Å². The normalized spacial score (nSPS) is 17.6. The molecule has 1 aliphatic heterocycles. The molecule has 1 unspecified atom stereocenters. The number of carbonyl (C=O) groups excluding carboxylic acids is 2. The van der Waals surface area contributed by atoms with Crippen LogP contribution in [0, 0.1) is 26.7 Å². The smallest absolute Gasteiger partial charge is 0.300 e. The summed E-state index contributed by atoms with van der Waals surface area (Å²) in [6.45, 7) is 10.6. The summed E-state index contributed by atoms with van der Waals surface area (Å²) in [5.41, 5.74) is 4.08. The molecule has 1 atom stereocenters. The molecule has 34 heavy (non-hydrogen) atoms. The molecule has 0 radical (unpaired) electrons. The van der Waals surface area contributed by atoms with E-state index < -0.39 is 17.7 Å².